The summed E-state index contributed by atoms with van der Waals surface area (Å²) < 4.78 is 5.83. The van der Waals surface area contributed by atoms with Crippen LogP contribution in [0.4, 0.5) is 0 Å². The van der Waals surface area contributed by atoms with Gasteiger partial charge >= 0.3 is 0 Å². The maximum Gasteiger partial charge on any atom is 0.236 e. The van der Waals surface area contributed by atoms with E-state index in [1.165, 1.54) is 12.8 Å². The molecular weight excluding hydrogens is 352 g/mol. The topological polar surface area (TPSA) is 53.0 Å². The molecule has 2 heterocycles. The van der Waals surface area contributed by atoms with Crippen molar-refractivity contribution in [1.29, 1.82) is 0 Å². The Morgan fingerprint density at radius 2 is 1.96 bits per heavy atom. The molecule has 1 aromatic rings. The lowest BCUT2D eigenvalue weighted by Crippen LogP contribution is -2.41. The quantitative estimate of drug-likeness (QED) is 0.853. The van der Waals surface area contributed by atoms with Gasteiger partial charge in [-0.3, -0.25) is 9.69 Å². The summed E-state index contributed by atoms with van der Waals surface area (Å²) in [6.07, 6.45) is 4.32. The second-order valence-corrected chi connectivity index (χ2v) is 8.07. The molecule has 1 amide bonds. The summed E-state index contributed by atoms with van der Waals surface area (Å²) in [5.41, 5.74) is 0.145. The fraction of sp³-hybridized carbons (Fsp3) is 0.650. The van der Waals surface area contributed by atoms with Crippen LogP contribution in [0.25, 0.3) is 0 Å². The summed E-state index contributed by atoms with van der Waals surface area (Å²) in [6.45, 7) is 6.02. The first kappa shape index (κ1) is 19.5. The van der Waals surface area contributed by atoms with Gasteiger partial charge in [-0.15, -0.1) is 0 Å². The number of hydrogen-bond donors (Lipinski definition) is 1. The summed E-state index contributed by atoms with van der Waals surface area (Å²) in [4.78, 5) is 16.7. The summed E-state index contributed by atoms with van der Waals surface area (Å²) >= 11 is 6.17. The summed E-state index contributed by atoms with van der Waals surface area (Å²) in [6, 6.07) is 5.62. The fourth-order valence-electron chi connectivity index (χ4n) is 3.74. The van der Waals surface area contributed by atoms with E-state index in [-0.39, 0.29) is 12.5 Å². The molecule has 0 saturated carbocycles. The predicted molar refractivity (Wildman–Crippen MR) is 103 cm³/mol. The van der Waals surface area contributed by atoms with E-state index in [4.69, 9.17) is 16.3 Å². The number of nitrogens with zero attached hydrogens (tertiary/aromatic N) is 2. The molecule has 0 spiro atoms. The van der Waals surface area contributed by atoms with Crippen molar-refractivity contribution in [2.45, 2.75) is 44.6 Å². The van der Waals surface area contributed by atoms with Gasteiger partial charge in [0.05, 0.1) is 11.6 Å². The molecule has 144 valence electrons. The lowest BCUT2D eigenvalue weighted by Gasteiger charge is -2.27. The SMILES string of the molecule is Cc1ccc(Cl)c(OCC2(O)CCCN(C(=O)CN3CCCC3)CC2)c1. The number of rotatable bonds is 5. The number of benzene rings is 1. The number of amides is 1. The van der Waals surface area contributed by atoms with Crippen LogP contribution in [0.3, 0.4) is 0 Å². The summed E-state index contributed by atoms with van der Waals surface area (Å²) in [5, 5.41) is 11.5. The molecule has 2 fully saturated rings. The predicted octanol–water partition coefficient (Wildman–Crippen LogP) is 2.87. The van der Waals surface area contributed by atoms with Gasteiger partial charge in [-0.2, -0.15) is 0 Å². The van der Waals surface area contributed by atoms with Gasteiger partial charge < -0.3 is 14.7 Å². The Balaban J connectivity index is 1.53. The minimum Gasteiger partial charge on any atom is -0.489 e. The number of halogens is 1. The molecule has 1 unspecified atom stereocenters. The third-order valence-electron chi connectivity index (χ3n) is 5.41. The molecule has 1 aromatic carbocycles. The molecule has 26 heavy (non-hydrogen) atoms. The smallest absolute Gasteiger partial charge is 0.236 e. The van der Waals surface area contributed by atoms with Crippen LogP contribution < -0.4 is 4.74 Å². The second-order valence-electron chi connectivity index (χ2n) is 7.66. The monoisotopic (exact) mass is 380 g/mol. The van der Waals surface area contributed by atoms with Crippen molar-refractivity contribution in [1.82, 2.24) is 9.80 Å². The third kappa shape index (κ3) is 5.12. The van der Waals surface area contributed by atoms with Crippen LogP contribution in [0.5, 0.6) is 5.75 Å². The van der Waals surface area contributed by atoms with E-state index in [2.05, 4.69) is 4.90 Å². The van der Waals surface area contributed by atoms with E-state index >= 15 is 0 Å². The highest BCUT2D eigenvalue weighted by atomic mass is 35.5. The fourth-order valence-corrected chi connectivity index (χ4v) is 3.91. The number of carbonyl (C=O) groups excluding carboxylic acids is 1. The zero-order valence-corrected chi connectivity index (χ0v) is 16.3. The van der Waals surface area contributed by atoms with Gasteiger partial charge in [-0.25, -0.2) is 0 Å². The standard InChI is InChI=1S/C20H29ClN2O3/c1-16-5-6-17(21)18(13-16)26-15-20(25)7-4-11-23(12-8-20)19(24)14-22-9-2-3-10-22/h5-6,13,25H,2-4,7-12,14-15H2,1H3. The van der Waals surface area contributed by atoms with Gasteiger partial charge in [-0.05, 0) is 69.8 Å². The van der Waals surface area contributed by atoms with Crippen molar-refractivity contribution in [2.24, 2.45) is 0 Å². The minimum absolute atomic E-state index is 0.179. The van der Waals surface area contributed by atoms with Crippen molar-refractivity contribution in [3.8, 4) is 5.75 Å². The van der Waals surface area contributed by atoms with Crippen LogP contribution in [0.1, 0.15) is 37.7 Å². The van der Waals surface area contributed by atoms with E-state index in [0.717, 1.165) is 25.1 Å². The number of ether oxygens (including phenoxy) is 1. The van der Waals surface area contributed by atoms with Crippen LogP contribution in [0.2, 0.25) is 5.02 Å². The zero-order valence-electron chi connectivity index (χ0n) is 15.5. The molecule has 6 heteroatoms. The van der Waals surface area contributed by atoms with Crippen molar-refractivity contribution >= 4 is 17.5 Å². The largest absolute Gasteiger partial charge is 0.489 e. The van der Waals surface area contributed by atoms with Crippen molar-refractivity contribution in [2.75, 3.05) is 39.3 Å². The second kappa shape index (κ2) is 8.59. The number of aliphatic hydroxyl groups is 1. The lowest BCUT2D eigenvalue weighted by molar-refractivity contribution is -0.132. The van der Waals surface area contributed by atoms with Gasteiger partial charge in [0.25, 0.3) is 0 Å². The Labute approximate surface area is 160 Å². The van der Waals surface area contributed by atoms with Crippen LogP contribution in [0, 0.1) is 6.92 Å². The number of hydrogen-bond acceptors (Lipinski definition) is 4. The van der Waals surface area contributed by atoms with Gasteiger partial charge in [-0.1, -0.05) is 17.7 Å². The highest BCUT2D eigenvalue weighted by molar-refractivity contribution is 6.32. The summed E-state index contributed by atoms with van der Waals surface area (Å²) in [7, 11) is 0. The Morgan fingerprint density at radius 3 is 2.73 bits per heavy atom. The Kier molecular flexibility index (Phi) is 6.43. The van der Waals surface area contributed by atoms with Crippen molar-refractivity contribution in [3.63, 3.8) is 0 Å². The Morgan fingerprint density at radius 1 is 1.19 bits per heavy atom. The van der Waals surface area contributed by atoms with Crippen molar-refractivity contribution < 1.29 is 14.6 Å². The van der Waals surface area contributed by atoms with Crippen molar-refractivity contribution in [3.05, 3.63) is 28.8 Å². The molecule has 1 N–H and O–H groups in total. The van der Waals surface area contributed by atoms with Crippen LogP contribution >= 0.6 is 11.6 Å². The molecular formula is C20H29ClN2O3. The summed E-state index contributed by atoms with van der Waals surface area (Å²) in [5.74, 6) is 0.783. The van der Waals surface area contributed by atoms with E-state index in [0.29, 0.717) is 43.2 Å². The Bertz CT molecular complexity index is 633. The van der Waals surface area contributed by atoms with Crippen LogP contribution in [-0.4, -0.2) is 65.7 Å². The molecule has 5 nitrogen and oxygen atoms in total. The van der Waals surface area contributed by atoms with Gasteiger partial charge in [0.2, 0.25) is 5.91 Å². The highest BCUT2D eigenvalue weighted by Gasteiger charge is 2.33. The first-order valence-corrected chi connectivity index (χ1v) is 9.94. The van der Waals surface area contributed by atoms with E-state index in [1.807, 2.05) is 30.0 Å². The number of aryl methyl sites for hydroxylation is 1. The Hall–Kier alpha value is -1.30. The van der Waals surface area contributed by atoms with E-state index < -0.39 is 5.60 Å². The maximum absolute atomic E-state index is 12.5. The lowest BCUT2D eigenvalue weighted by atomic mass is 9.96. The number of carbonyl (C=O) groups is 1. The molecule has 2 saturated heterocycles. The molecule has 0 radical (unpaired) electrons. The normalized spacial score (nSPS) is 24.5. The average molecular weight is 381 g/mol. The molecule has 2 aliphatic rings. The molecule has 3 rings (SSSR count). The minimum atomic E-state index is -0.921. The van der Waals surface area contributed by atoms with Gasteiger partial charge in [0.15, 0.2) is 0 Å². The van der Waals surface area contributed by atoms with E-state index in [1.54, 1.807) is 0 Å². The molecule has 0 bridgehead atoms. The molecule has 0 aromatic heterocycles. The highest BCUT2D eigenvalue weighted by Crippen LogP contribution is 2.29. The number of likely N-dealkylation sites (tertiary alicyclic amines) is 2. The van der Waals surface area contributed by atoms with E-state index in [9.17, 15) is 9.90 Å². The first-order chi connectivity index (χ1) is 12.5. The van der Waals surface area contributed by atoms with Crippen LogP contribution in [0.15, 0.2) is 18.2 Å². The van der Waals surface area contributed by atoms with Gasteiger partial charge in [0.1, 0.15) is 18.0 Å². The molecule has 2 aliphatic heterocycles. The third-order valence-corrected chi connectivity index (χ3v) is 5.72. The zero-order chi connectivity index (χ0) is 18.6. The maximum atomic E-state index is 12.5. The average Bonchev–Trinajstić information content (AvgIpc) is 3.03. The molecule has 1 atom stereocenters. The first-order valence-electron chi connectivity index (χ1n) is 9.57. The van der Waals surface area contributed by atoms with Gasteiger partial charge in [0, 0.05) is 13.1 Å². The molecule has 0 aliphatic carbocycles. The van der Waals surface area contributed by atoms with Crippen LogP contribution in [-0.2, 0) is 4.79 Å².